The minimum atomic E-state index is 0.141. The van der Waals surface area contributed by atoms with Crippen molar-refractivity contribution in [1.82, 2.24) is 10.3 Å². The lowest BCUT2D eigenvalue weighted by atomic mass is 9.86. The van der Waals surface area contributed by atoms with E-state index in [1.165, 1.54) is 11.3 Å². The number of nitrogens with zero attached hydrogens (tertiary/aromatic N) is 1. The molecule has 0 saturated carbocycles. The normalized spacial score (nSPS) is 14.8. The highest BCUT2D eigenvalue weighted by atomic mass is 32.1. The topological polar surface area (TPSA) is 24.9 Å². The van der Waals surface area contributed by atoms with Gasteiger partial charge in [0.05, 0.1) is 5.51 Å². The van der Waals surface area contributed by atoms with E-state index in [1.54, 1.807) is 11.3 Å². The van der Waals surface area contributed by atoms with Gasteiger partial charge in [-0.05, 0) is 19.4 Å². The van der Waals surface area contributed by atoms with Gasteiger partial charge in [-0.3, -0.25) is 4.98 Å². The van der Waals surface area contributed by atoms with E-state index >= 15 is 0 Å². The van der Waals surface area contributed by atoms with Gasteiger partial charge >= 0.3 is 0 Å². The SMILES string of the molecule is C=CC(C)(CNCCC)Cc1cncs1. The van der Waals surface area contributed by atoms with Gasteiger partial charge in [-0.2, -0.15) is 0 Å². The Hall–Kier alpha value is -0.670. The van der Waals surface area contributed by atoms with Gasteiger partial charge in [-0.25, -0.2) is 0 Å². The molecule has 1 rings (SSSR count). The van der Waals surface area contributed by atoms with Crippen molar-refractivity contribution in [2.75, 3.05) is 13.1 Å². The smallest absolute Gasteiger partial charge is 0.0794 e. The van der Waals surface area contributed by atoms with Crippen LogP contribution in [0, 0.1) is 5.41 Å². The van der Waals surface area contributed by atoms with Gasteiger partial charge in [0.25, 0.3) is 0 Å². The van der Waals surface area contributed by atoms with Crippen molar-refractivity contribution in [3.63, 3.8) is 0 Å². The van der Waals surface area contributed by atoms with E-state index in [9.17, 15) is 0 Å². The quantitative estimate of drug-likeness (QED) is 0.569. The zero-order chi connectivity index (χ0) is 11.1. The summed E-state index contributed by atoms with van der Waals surface area (Å²) in [6.07, 6.45) is 6.20. The summed E-state index contributed by atoms with van der Waals surface area (Å²) in [6.45, 7) is 10.4. The maximum absolute atomic E-state index is 4.10. The second kappa shape index (κ2) is 6.03. The fraction of sp³-hybridized carbons (Fsp3) is 0.583. The fourth-order valence-corrected chi connectivity index (χ4v) is 2.28. The second-order valence-corrected chi connectivity index (χ2v) is 5.15. The molecule has 0 aromatic carbocycles. The van der Waals surface area contributed by atoms with E-state index < -0.39 is 0 Å². The second-order valence-electron chi connectivity index (χ2n) is 4.18. The Labute approximate surface area is 96.4 Å². The molecule has 0 fully saturated rings. The summed E-state index contributed by atoms with van der Waals surface area (Å²) < 4.78 is 0. The molecule has 0 amide bonds. The Kier molecular flexibility index (Phi) is 4.99. The first-order valence-electron chi connectivity index (χ1n) is 5.42. The summed E-state index contributed by atoms with van der Waals surface area (Å²) in [7, 11) is 0. The molecule has 0 bridgehead atoms. The summed E-state index contributed by atoms with van der Waals surface area (Å²) in [5, 5.41) is 3.45. The predicted molar refractivity (Wildman–Crippen MR) is 67.3 cm³/mol. The summed E-state index contributed by atoms with van der Waals surface area (Å²) in [5.74, 6) is 0. The number of nitrogens with one attached hydrogen (secondary N) is 1. The van der Waals surface area contributed by atoms with E-state index in [0.29, 0.717) is 0 Å². The molecule has 1 N–H and O–H groups in total. The molecule has 1 aromatic heterocycles. The summed E-state index contributed by atoms with van der Waals surface area (Å²) in [4.78, 5) is 5.43. The van der Waals surface area contributed by atoms with Crippen LogP contribution in [0.15, 0.2) is 24.4 Å². The highest BCUT2D eigenvalue weighted by molar-refractivity contribution is 7.09. The number of aromatic nitrogens is 1. The Morgan fingerprint density at radius 2 is 2.47 bits per heavy atom. The Bertz CT molecular complexity index is 282. The van der Waals surface area contributed by atoms with Crippen LogP contribution in [0.4, 0.5) is 0 Å². The Morgan fingerprint density at radius 1 is 1.67 bits per heavy atom. The third kappa shape index (κ3) is 4.14. The molecule has 3 heteroatoms. The molecule has 0 spiro atoms. The average Bonchev–Trinajstić information content (AvgIpc) is 2.71. The summed E-state index contributed by atoms with van der Waals surface area (Å²) >= 11 is 1.72. The van der Waals surface area contributed by atoms with Crippen LogP contribution in [0.2, 0.25) is 0 Å². The number of hydrogen-bond donors (Lipinski definition) is 1. The molecule has 0 aliphatic heterocycles. The van der Waals surface area contributed by atoms with Crippen LogP contribution in [0.25, 0.3) is 0 Å². The first kappa shape index (κ1) is 12.4. The van der Waals surface area contributed by atoms with Crippen LogP contribution >= 0.6 is 11.3 Å². The van der Waals surface area contributed by atoms with Crippen LogP contribution < -0.4 is 5.32 Å². The Balaban J connectivity index is 2.48. The molecular weight excluding hydrogens is 204 g/mol. The molecule has 1 atom stereocenters. The third-order valence-electron chi connectivity index (χ3n) is 2.51. The molecule has 1 aromatic rings. The molecule has 0 aliphatic carbocycles. The first-order valence-corrected chi connectivity index (χ1v) is 6.30. The van der Waals surface area contributed by atoms with E-state index in [-0.39, 0.29) is 5.41 Å². The lowest BCUT2D eigenvalue weighted by Gasteiger charge is -2.25. The summed E-state index contributed by atoms with van der Waals surface area (Å²) in [6, 6.07) is 0. The van der Waals surface area contributed by atoms with Crippen molar-refractivity contribution < 1.29 is 0 Å². The minimum Gasteiger partial charge on any atom is -0.316 e. The van der Waals surface area contributed by atoms with Gasteiger partial charge in [0.1, 0.15) is 0 Å². The van der Waals surface area contributed by atoms with Crippen molar-refractivity contribution in [3.8, 4) is 0 Å². The van der Waals surface area contributed by atoms with Crippen molar-refractivity contribution in [2.45, 2.75) is 26.7 Å². The fourth-order valence-electron chi connectivity index (χ4n) is 1.49. The maximum atomic E-state index is 4.10. The van der Waals surface area contributed by atoms with Crippen LogP contribution in [0.5, 0.6) is 0 Å². The molecule has 15 heavy (non-hydrogen) atoms. The summed E-state index contributed by atoms with van der Waals surface area (Å²) in [5.41, 5.74) is 2.03. The molecule has 84 valence electrons. The molecule has 1 unspecified atom stereocenters. The van der Waals surface area contributed by atoms with Crippen LogP contribution in [0.3, 0.4) is 0 Å². The van der Waals surface area contributed by atoms with Gasteiger partial charge in [0.2, 0.25) is 0 Å². The lowest BCUT2D eigenvalue weighted by Crippen LogP contribution is -2.32. The van der Waals surface area contributed by atoms with Gasteiger partial charge in [-0.1, -0.05) is 19.9 Å². The Morgan fingerprint density at radius 3 is 3.00 bits per heavy atom. The van der Waals surface area contributed by atoms with E-state index in [0.717, 1.165) is 19.5 Å². The predicted octanol–water partition coefficient (Wildman–Crippen LogP) is 2.88. The average molecular weight is 224 g/mol. The van der Waals surface area contributed by atoms with Crippen molar-refractivity contribution in [1.29, 1.82) is 0 Å². The zero-order valence-electron chi connectivity index (χ0n) is 9.62. The zero-order valence-corrected chi connectivity index (χ0v) is 10.4. The van der Waals surface area contributed by atoms with Crippen molar-refractivity contribution in [3.05, 3.63) is 29.2 Å². The molecule has 0 aliphatic rings. The highest BCUT2D eigenvalue weighted by Crippen LogP contribution is 2.24. The van der Waals surface area contributed by atoms with Gasteiger partial charge in [0.15, 0.2) is 0 Å². The molecule has 1 heterocycles. The van der Waals surface area contributed by atoms with Crippen LogP contribution in [0.1, 0.15) is 25.1 Å². The molecule has 0 saturated heterocycles. The van der Waals surface area contributed by atoms with Crippen LogP contribution in [-0.4, -0.2) is 18.1 Å². The van der Waals surface area contributed by atoms with E-state index in [2.05, 4.69) is 36.8 Å². The molecule has 0 radical (unpaired) electrons. The largest absolute Gasteiger partial charge is 0.316 e. The van der Waals surface area contributed by atoms with Crippen molar-refractivity contribution >= 4 is 11.3 Å². The number of hydrogen-bond acceptors (Lipinski definition) is 3. The molecular formula is C12H20N2S. The standard InChI is InChI=1S/C12H20N2S/c1-4-6-13-9-12(3,5-2)7-11-8-14-10-15-11/h5,8,10,13H,2,4,6-7,9H2,1,3H3. The number of rotatable bonds is 7. The van der Waals surface area contributed by atoms with Gasteiger partial charge < -0.3 is 5.32 Å². The van der Waals surface area contributed by atoms with E-state index in [4.69, 9.17) is 0 Å². The van der Waals surface area contributed by atoms with E-state index in [1.807, 2.05) is 11.7 Å². The van der Waals surface area contributed by atoms with Gasteiger partial charge in [0, 0.05) is 23.0 Å². The third-order valence-corrected chi connectivity index (χ3v) is 3.29. The van der Waals surface area contributed by atoms with Gasteiger partial charge in [-0.15, -0.1) is 17.9 Å². The first-order chi connectivity index (χ1) is 7.20. The van der Waals surface area contributed by atoms with Crippen molar-refractivity contribution in [2.24, 2.45) is 5.41 Å². The molecule has 2 nitrogen and oxygen atoms in total. The monoisotopic (exact) mass is 224 g/mol. The van der Waals surface area contributed by atoms with Crippen LogP contribution in [-0.2, 0) is 6.42 Å². The maximum Gasteiger partial charge on any atom is 0.0794 e. The highest BCUT2D eigenvalue weighted by Gasteiger charge is 2.20. The minimum absolute atomic E-state index is 0.141. The lowest BCUT2D eigenvalue weighted by molar-refractivity contribution is 0.394. The number of thiazole rings is 1.